The first kappa shape index (κ1) is 11.6. The number of nitrogens with two attached hydrogens (primary N) is 1. The van der Waals surface area contributed by atoms with Crippen molar-refractivity contribution in [2.45, 2.75) is 6.61 Å². The highest BCUT2D eigenvalue weighted by molar-refractivity contribution is 7.09. The number of carbonyl (C=O) groups excluding carboxylic acids is 1. The van der Waals surface area contributed by atoms with Crippen LogP contribution in [0.4, 0.5) is 10.1 Å². The molecule has 0 aliphatic carbocycles. The van der Waals surface area contributed by atoms with Crippen LogP contribution in [-0.2, 0) is 11.3 Å². The average molecular weight is 251 g/mol. The minimum absolute atomic E-state index is 0.0844. The van der Waals surface area contributed by atoms with E-state index in [-0.39, 0.29) is 17.9 Å². The van der Waals surface area contributed by atoms with Crippen molar-refractivity contribution in [3.8, 4) is 0 Å². The molecule has 0 saturated carbocycles. The molecule has 0 spiro atoms. The molecular formula is C12H10FNO2S. The summed E-state index contributed by atoms with van der Waals surface area (Å²) in [5.74, 6) is -1.41. The van der Waals surface area contributed by atoms with Gasteiger partial charge in [0.25, 0.3) is 0 Å². The maximum absolute atomic E-state index is 13.4. The van der Waals surface area contributed by atoms with Gasteiger partial charge in [0.15, 0.2) is 0 Å². The normalized spacial score (nSPS) is 10.2. The first-order valence-corrected chi connectivity index (χ1v) is 5.80. The second kappa shape index (κ2) is 4.97. The van der Waals surface area contributed by atoms with Gasteiger partial charge in [-0.05, 0) is 23.6 Å². The van der Waals surface area contributed by atoms with Crippen molar-refractivity contribution in [3.05, 3.63) is 52.0 Å². The molecular weight excluding hydrogens is 241 g/mol. The fourth-order valence-corrected chi connectivity index (χ4v) is 1.98. The summed E-state index contributed by atoms with van der Waals surface area (Å²) in [6.45, 7) is 0.129. The van der Waals surface area contributed by atoms with Crippen LogP contribution in [0.15, 0.2) is 35.7 Å². The lowest BCUT2D eigenvalue weighted by Gasteiger charge is -2.06. The molecule has 2 N–H and O–H groups in total. The van der Waals surface area contributed by atoms with E-state index >= 15 is 0 Å². The van der Waals surface area contributed by atoms with Crippen molar-refractivity contribution >= 4 is 23.0 Å². The highest BCUT2D eigenvalue weighted by Gasteiger charge is 2.16. The third-order valence-corrected chi connectivity index (χ3v) is 3.03. The Morgan fingerprint density at radius 3 is 2.82 bits per heavy atom. The van der Waals surface area contributed by atoms with E-state index in [4.69, 9.17) is 10.5 Å². The van der Waals surface area contributed by atoms with Gasteiger partial charge in [-0.3, -0.25) is 0 Å². The Bertz CT molecular complexity index is 505. The molecule has 1 heterocycles. The first-order chi connectivity index (χ1) is 8.18. The van der Waals surface area contributed by atoms with Crippen molar-refractivity contribution < 1.29 is 13.9 Å². The van der Waals surface area contributed by atoms with Crippen LogP contribution in [0.25, 0.3) is 0 Å². The summed E-state index contributed by atoms with van der Waals surface area (Å²) >= 11 is 1.47. The maximum atomic E-state index is 13.4. The van der Waals surface area contributed by atoms with Crippen LogP contribution in [0.2, 0.25) is 0 Å². The highest BCUT2D eigenvalue weighted by Crippen LogP contribution is 2.18. The van der Waals surface area contributed by atoms with Gasteiger partial charge >= 0.3 is 5.97 Å². The molecule has 3 nitrogen and oxygen atoms in total. The number of anilines is 1. The lowest BCUT2D eigenvalue weighted by atomic mass is 10.2. The summed E-state index contributed by atoms with van der Waals surface area (Å²) in [6.07, 6.45) is 0. The summed E-state index contributed by atoms with van der Waals surface area (Å²) in [7, 11) is 0. The quantitative estimate of drug-likeness (QED) is 0.674. The van der Waals surface area contributed by atoms with E-state index in [0.717, 1.165) is 4.88 Å². The van der Waals surface area contributed by atoms with E-state index in [2.05, 4.69) is 0 Å². The van der Waals surface area contributed by atoms with Gasteiger partial charge in [0.1, 0.15) is 18.0 Å². The molecule has 2 rings (SSSR count). The number of benzene rings is 1. The lowest BCUT2D eigenvalue weighted by molar-refractivity contribution is 0.0473. The molecule has 17 heavy (non-hydrogen) atoms. The summed E-state index contributed by atoms with van der Waals surface area (Å²) in [5, 5.41) is 1.88. The molecule has 0 aliphatic heterocycles. The van der Waals surface area contributed by atoms with Gasteiger partial charge in [-0.2, -0.15) is 0 Å². The van der Waals surface area contributed by atoms with Crippen LogP contribution in [0.3, 0.4) is 0 Å². The van der Waals surface area contributed by atoms with E-state index in [1.807, 2.05) is 17.5 Å². The minimum atomic E-state index is -0.742. The fraction of sp³-hybridized carbons (Fsp3) is 0.0833. The molecule has 0 atom stereocenters. The van der Waals surface area contributed by atoms with Gasteiger partial charge < -0.3 is 10.5 Å². The predicted molar refractivity (Wildman–Crippen MR) is 64.3 cm³/mol. The van der Waals surface area contributed by atoms with E-state index < -0.39 is 11.8 Å². The van der Waals surface area contributed by atoms with Gasteiger partial charge in [0.05, 0.1) is 0 Å². The number of hydrogen-bond acceptors (Lipinski definition) is 4. The van der Waals surface area contributed by atoms with E-state index in [1.54, 1.807) is 0 Å². The number of hydrogen-bond donors (Lipinski definition) is 1. The molecule has 1 aromatic carbocycles. The lowest BCUT2D eigenvalue weighted by Crippen LogP contribution is -2.10. The van der Waals surface area contributed by atoms with Gasteiger partial charge in [-0.1, -0.05) is 12.1 Å². The smallest absolute Gasteiger partial charge is 0.343 e. The minimum Gasteiger partial charge on any atom is -0.456 e. The molecule has 0 aliphatic rings. The van der Waals surface area contributed by atoms with Crippen molar-refractivity contribution in [1.29, 1.82) is 0 Å². The molecule has 0 saturated heterocycles. The molecule has 0 radical (unpaired) electrons. The van der Waals surface area contributed by atoms with Crippen molar-refractivity contribution in [2.75, 3.05) is 5.73 Å². The second-order valence-corrected chi connectivity index (χ2v) is 4.39. The maximum Gasteiger partial charge on any atom is 0.343 e. The Morgan fingerprint density at radius 2 is 2.18 bits per heavy atom. The number of esters is 1. The van der Waals surface area contributed by atoms with E-state index in [9.17, 15) is 9.18 Å². The zero-order chi connectivity index (χ0) is 12.3. The van der Waals surface area contributed by atoms with Gasteiger partial charge in [-0.15, -0.1) is 11.3 Å². The van der Waals surface area contributed by atoms with Crippen LogP contribution in [0, 0.1) is 5.82 Å². The molecule has 2 aromatic rings. The van der Waals surface area contributed by atoms with Gasteiger partial charge in [0, 0.05) is 10.6 Å². The number of rotatable bonds is 3. The zero-order valence-corrected chi connectivity index (χ0v) is 9.67. The predicted octanol–water partition coefficient (Wildman–Crippen LogP) is 2.83. The fourth-order valence-electron chi connectivity index (χ4n) is 1.36. The van der Waals surface area contributed by atoms with E-state index in [0.29, 0.717) is 0 Å². The number of nitrogen functional groups attached to an aromatic ring is 1. The topological polar surface area (TPSA) is 52.3 Å². The Morgan fingerprint density at radius 1 is 1.35 bits per heavy atom. The van der Waals surface area contributed by atoms with Crippen LogP contribution < -0.4 is 5.73 Å². The van der Waals surface area contributed by atoms with Crippen molar-refractivity contribution in [3.63, 3.8) is 0 Å². The standard InChI is InChI=1S/C12H10FNO2S/c13-9-4-1-5-10(14)11(9)12(15)16-7-8-3-2-6-17-8/h1-6H,7,14H2. The summed E-state index contributed by atoms with van der Waals surface area (Å²) < 4.78 is 18.4. The van der Waals surface area contributed by atoms with Crippen LogP contribution in [-0.4, -0.2) is 5.97 Å². The molecule has 0 bridgehead atoms. The number of halogens is 1. The van der Waals surface area contributed by atoms with Crippen LogP contribution in [0.5, 0.6) is 0 Å². The number of thiophene rings is 1. The molecule has 0 fully saturated rings. The molecule has 5 heteroatoms. The molecule has 0 amide bonds. The third-order valence-electron chi connectivity index (χ3n) is 2.18. The monoisotopic (exact) mass is 251 g/mol. The van der Waals surface area contributed by atoms with Crippen LogP contribution >= 0.6 is 11.3 Å². The molecule has 88 valence electrons. The number of ether oxygens (including phenoxy) is 1. The SMILES string of the molecule is Nc1cccc(F)c1C(=O)OCc1cccs1. The van der Waals surface area contributed by atoms with Crippen molar-refractivity contribution in [2.24, 2.45) is 0 Å². The Kier molecular flexibility index (Phi) is 3.39. The largest absolute Gasteiger partial charge is 0.456 e. The zero-order valence-electron chi connectivity index (χ0n) is 8.85. The first-order valence-electron chi connectivity index (χ1n) is 4.92. The van der Waals surface area contributed by atoms with Gasteiger partial charge in [0.2, 0.25) is 0 Å². The Labute approximate surface area is 102 Å². The van der Waals surface area contributed by atoms with E-state index in [1.165, 1.54) is 29.5 Å². The Balaban J connectivity index is 2.10. The Hall–Kier alpha value is -1.88. The molecule has 0 unspecified atom stereocenters. The summed E-state index contributed by atoms with van der Waals surface area (Å²) in [6, 6.07) is 7.78. The summed E-state index contributed by atoms with van der Waals surface area (Å²) in [5.41, 5.74) is 5.41. The second-order valence-electron chi connectivity index (χ2n) is 3.36. The van der Waals surface area contributed by atoms with Gasteiger partial charge in [-0.25, -0.2) is 9.18 Å². The third kappa shape index (κ3) is 2.62. The van der Waals surface area contributed by atoms with Crippen molar-refractivity contribution in [1.82, 2.24) is 0 Å². The average Bonchev–Trinajstić information content (AvgIpc) is 2.79. The van der Waals surface area contributed by atoms with Crippen LogP contribution in [0.1, 0.15) is 15.2 Å². The summed E-state index contributed by atoms with van der Waals surface area (Å²) in [4.78, 5) is 12.5. The highest BCUT2D eigenvalue weighted by atomic mass is 32.1. The molecule has 1 aromatic heterocycles. The number of carbonyl (C=O) groups is 1.